The van der Waals surface area contributed by atoms with Gasteiger partial charge in [-0.05, 0) is 62.1 Å². The minimum absolute atomic E-state index is 0.0539. The third kappa shape index (κ3) is 4.94. The number of carbonyl (C=O) groups is 2. The summed E-state index contributed by atoms with van der Waals surface area (Å²) in [5.74, 6) is -0.466. The highest BCUT2D eigenvalue weighted by Crippen LogP contribution is 2.28. The van der Waals surface area contributed by atoms with Gasteiger partial charge in [0.25, 0.3) is 11.8 Å². The number of benzene rings is 2. The Hall–Kier alpha value is -2.99. The quantitative estimate of drug-likeness (QED) is 0.698. The molecule has 1 heterocycles. The van der Waals surface area contributed by atoms with E-state index in [4.69, 9.17) is 16.3 Å². The van der Waals surface area contributed by atoms with Gasteiger partial charge in [-0.25, -0.2) is 0 Å². The molecular formula is C23H25ClN2O4. The lowest BCUT2D eigenvalue weighted by atomic mass is 10.0. The Balaban J connectivity index is 1.95. The van der Waals surface area contributed by atoms with Gasteiger partial charge in [-0.3, -0.25) is 9.59 Å². The van der Waals surface area contributed by atoms with E-state index < -0.39 is 5.91 Å². The van der Waals surface area contributed by atoms with Gasteiger partial charge >= 0.3 is 0 Å². The number of aromatic hydroxyl groups is 1. The van der Waals surface area contributed by atoms with Crippen molar-refractivity contribution in [2.75, 3.05) is 13.7 Å². The van der Waals surface area contributed by atoms with Gasteiger partial charge in [0, 0.05) is 12.6 Å². The molecule has 0 aromatic heterocycles. The van der Waals surface area contributed by atoms with Crippen molar-refractivity contribution in [3.8, 4) is 11.5 Å². The zero-order valence-corrected chi connectivity index (χ0v) is 17.8. The van der Waals surface area contributed by atoms with E-state index in [9.17, 15) is 14.7 Å². The van der Waals surface area contributed by atoms with Crippen molar-refractivity contribution in [1.82, 2.24) is 10.2 Å². The summed E-state index contributed by atoms with van der Waals surface area (Å²) in [6, 6.07) is 11.5. The van der Waals surface area contributed by atoms with Crippen LogP contribution < -0.4 is 10.1 Å². The van der Waals surface area contributed by atoms with Crippen LogP contribution in [-0.4, -0.2) is 41.5 Å². The first-order chi connectivity index (χ1) is 14.4. The lowest BCUT2D eigenvalue weighted by Gasteiger charge is -2.34. The smallest absolute Gasteiger partial charge is 0.270 e. The van der Waals surface area contributed by atoms with E-state index in [-0.39, 0.29) is 29.0 Å². The van der Waals surface area contributed by atoms with Crippen LogP contribution in [0.3, 0.4) is 0 Å². The van der Waals surface area contributed by atoms with Crippen molar-refractivity contribution >= 4 is 29.5 Å². The Morgan fingerprint density at radius 2 is 2.00 bits per heavy atom. The molecule has 1 saturated heterocycles. The number of phenolic OH excluding ortho intramolecular Hbond substituents is 1. The van der Waals surface area contributed by atoms with Crippen LogP contribution in [-0.2, 0) is 4.79 Å². The number of ether oxygens (including phenoxy) is 1. The molecule has 7 heteroatoms. The van der Waals surface area contributed by atoms with Gasteiger partial charge in [0.1, 0.15) is 5.70 Å². The molecule has 0 unspecified atom stereocenters. The van der Waals surface area contributed by atoms with Gasteiger partial charge in [0.15, 0.2) is 11.5 Å². The minimum atomic E-state index is -0.470. The molecule has 2 amide bonds. The molecule has 0 saturated carbocycles. The first-order valence-electron chi connectivity index (χ1n) is 9.86. The zero-order valence-electron chi connectivity index (χ0n) is 17.0. The lowest BCUT2D eigenvalue weighted by Crippen LogP contribution is -2.45. The number of carbonyl (C=O) groups excluding carboxylic acids is 2. The van der Waals surface area contributed by atoms with E-state index in [0.717, 1.165) is 19.3 Å². The number of hydrogen-bond acceptors (Lipinski definition) is 4. The van der Waals surface area contributed by atoms with Crippen LogP contribution in [0.15, 0.2) is 48.2 Å². The summed E-state index contributed by atoms with van der Waals surface area (Å²) in [6.07, 6.45) is 4.46. The maximum atomic E-state index is 13.3. The topological polar surface area (TPSA) is 78.9 Å². The second-order valence-corrected chi connectivity index (χ2v) is 7.67. The number of methoxy groups -OCH3 is 1. The van der Waals surface area contributed by atoms with Crippen LogP contribution in [0.25, 0.3) is 6.08 Å². The molecule has 1 aliphatic heterocycles. The molecular weight excluding hydrogens is 404 g/mol. The normalized spacial score (nSPS) is 16.8. The number of likely N-dealkylation sites (tertiary alicyclic amines) is 1. The third-order valence-electron chi connectivity index (χ3n) is 5.17. The molecule has 2 aromatic carbocycles. The minimum Gasteiger partial charge on any atom is -0.504 e. The Bertz CT molecular complexity index is 973. The average molecular weight is 429 g/mol. The van der Waals surface area contributed by atoms with E-state index in [2.05, 4.69) is 5.32 Å². The average Bonchev–Trinajstić information content (AvgIpc) is 2.73. The first kappa shape index (κ1) is 21.7. The summed E-state index contributed by atoms with van der Waals surface area (Å²) in [5, 5.41) is 13.1. The summed E-state index contributed by atoms with van der Waals surface area (Å²) >= 11 is 6.15. The van der Waals surface area contributed by atoms with Crippen LogP contribution in [0.1, 0.15) is 42.1 Å². The van der Waals surface area contributed by atoms with E-state index in [1.54, 1.807) is 47.4 Å². The highest BCUT2D eigenvalue weighted by molar-refractivity contribution is 6.34. The number of amides is 2. The summed E-state index contributed by atoms with van der Waals surface area (Å²) in [4.78, 5) is 27.9. The van der Waals surface area contributed by atoms with Crippen LogP contribution in [0.2, 0.25) is 5.02 Å². The number of hydrogen-bond donors (Lipinski definition) is 2. The van der Waals surface area contributed by atoms with E-state index in [0.29, 0.717) is 22.9 Å². The number of nitrogens with one attached hydrogen (secondary N) is 1. The fourth-order valence-electron chi connectivity index (χ4n) is 3.50. The predicted octanol–water partition coefficient (Wildman–Crippen LogP) is 4.23. The molecule has 1 fully saturated rings. The van der Waals surface area contributed by atoms with Crippen LogP contribution in [0.5, 0.6) is 11.5 Å². The molecule has 0 spiro atoms. The first-order valence-corrected chi connectivity index (χ1v) is 10.2. The van der Waals surface area contributed by atoms with Crippen LogP contribution >= 0.6 is 11.6 Å². The fraction of sp³-hybridized carbons (Fsp3) is 0.304. The maximum absolute atomic E-state index is 13.3. The molecule has 0 radical (unpaired) electrons. The monoisotopic (exact) mass is 428 g/mol. The molecule has 0 aliphatic carbocycles. The van der Waals surface area contributed by atoms with Crippen LogP contribution in [0.4, 0.5) is 0 Å². The number of rotatable bonds is 5. The molecule has 6 nitrogen and oxygen atoms in total. The third-order valence-corrected chi connectivity index (χ3v) is 5.50. The molecule has 1 aliphatic rings. The van der Waals surface area contributed by atoms with E-state index in [1.807, 2.05) is 6.92 Å². The summed E-state index contributed by atoms with van der Waals surface area (Å²) < 4.78 is 5.07. The molecule has 0 bridgehead atoms. The Labute approximate surface area is 181 Å². The fourth-order valence-corrected chi connectivity index (χ4v) is 3.73. The van der Waals surface area contributed by atoms with Crippen LogP contribution in [0, 0.1) is 0 Å². The second-order valence-electron chi connectivity index (χ2n) is 7.27. The maximum Gasteiger partial charge on any atom is 0.270 e. The highest BCUT2D eigenvalue weighted by Gasteiger charge is 2.27. The van der Waals surface area contributed by atoms with Gasteiger partial charge < -0.3 is 20.1 Å². The number of phenols is 1. The van der Waals surface area contributed by atoms with Crippen molar-refractivity contribution < 1.29 is 19.4 Å². The molecule has 2 aromatic rings. The second kappa shape index (κ2) is 9.67. The van der Waals surface area contributed by atoms with Gasteiger partial charge in [0.2, 0.25) is 0 Å². The van der Waals surface area contributed by atoms with Crippen molar-refractivity contribution in [3.05, 3.63) is 64.3 Å². The number of halogens is 1. The zero-order chi connectivity index (χ0) is 21.7. The molecule has 2 N–H and O–H groups in total. The van der Waals surface area contributed by atoms with Gasteiger partial charge in [0.05, 0.1) is 17.7 Å². The Kier molecular flexibility index (Phi) is 7.00. The molecule has 30 heavy (non-hydrogen) atoms. The highest BCUT2D eigenvalue weighted by atomic mass is 35.5. The lowest BCUT2D eigenvalue weighted by molar-refractivity contribution is -0.130. The largest absolute Gasteiger partial charge is 0.504 e. The number of piperidine rings is 1. The molecule has 3 rings (SSSR count). The Morgan fingerprint density at radius 1 is 1.23 bits per heavy atom. The SMILES string of the molecule is COc1ccc(/C=C(\NC(=O)c2ccccc2Cl)C(=O)N2CCCC[C@H]2C)cc1O. The predicted molar refractivity (Wildman–Crippen MR) is 117 cm³/mol. The van der Waals surface area contributed by atoms with E-state index in [1.165, 1.54) is 13.2 Å². The van der Waals surface area contributed by atoms with E-state index >= 15 is 0 Å². The molecule has 1 atom stereocenters. The summed E-state index contributed by atoms with van der Waals surface area (Å²) in [6.45, 7) is 2.64. The Morgan fingerprint density at radius 3 is 2.67 bits per heavy atom. The number of nitrogens with zero attached hydrogens (tertiary/aromatic N) is 1. The van der Waals surface area contributed by atoms with Crippen molar-refractivity contribution in [1.29, 1.82) is 0 Å². The van der Waals surface area contributed by atoms with Crippen molar-refractivity contribution in [2.45, 2.75) is 32.2 Å². The van der Waals surface area contributed by atoms with Crippen molar-refractivity contribution in [3.63, 3.8) is 0 Å². The van der Waals surface area contributed by atoms with Gasteiger partial charge in [-0.15, -0.1) is 0 Å². The molecule has 158 valence electrons. The standard InChI is InChI=1S/C23H25ClN2O4/c1-15-7-5-6-12-26(15)23(29)19(13-16-10-11-21(30-2)20(27)14-16)25-22(28)17-8-3-4-9-18(17)24/h3-4,8-11,13-15,27H,5-7,12H2,1-2H3,(H,25,28)/b19-13-/t15-/m1/s1. The summed E-state index contributed by atoms with van der Waals surface area (Å²) in [5.41, 5.74) is 0.959. The van der Waals surface area contributed by atoms with Gasteiger partial charge in [-0.2, -0.15) is 0 Å². The summed E-state index contributed by atoms with van der Waals surface area (Å²) in [7, 11) is 1.46. The van der Waals surface area contributed by atoms with Crippen molar-refractivity contribution in [2.24, 2.45) is 0 Å². The van der Waals surface area contributed by atoms with Gasteiger partial charge in [-0.1, -0.05) is 29.8 Å².